The van der Waals surface area contributed by atoms with Crippen molar-refractivity contribution in [2.75, 3.05) is 12.4 Å². The number of amides is 2. The summed E-state index contributed by atoms with van der Waals surface area (Å²) in [5.74, 6) is -0.836. The molecule has 0 saturated heterocycles. The molecule has 1 aliphatic carbocycles. The maximum atomic E-state index is 12.9. The molecule has 1 fully saturated rings. The number of aryl methyl sites for hydroxylation is 2. The van der Waals surface area contributed by atoms with Crippen molar-refractivity contribution in [3.05, 3.63) is 29.3 Å². The topological polar surface area (TPSA) is 93.8 Å². The number of hydrogen-bond acceptors (Lipinski definition) is 4. The number of nitrogens with zero attached hydrogens (tertiary/aromatic N) is 4. The van der Waals surface area contributed by atoms with E-state index >= 15 is 0 Å². The van der Waals surface area contributed by atoms with Gasteiger partial charge in [-0.15, -0.1) is 0 Å². The molecule has 1 saturated carbocycles. The zero-order chi connectivity index (χ0) is 19.8. The number of aromatic nitrogens is 4. The molecule has 8 nitrogen and oxygen atoms in total. The van der Waals surface area contributed by atoms with E-state index in [-0.39, 0.29) is 30.3 Å². The van der Waals surface area contributed by atoms with E-state index in [0.717, 1.165) is 18.9 Å². The molecule has 3 rings (SSSR count). The van der Waals surface area contributed by atoms with Crippen LogP contribution in [0, 0.1) is 0 Å². The summed E-state index contributed by atoms with van der Waals surface area (Å²) >= 11 is 0. The Kier molecular flexibility index (Phi) is 4.94. The van der Waals surface area contributed by atoms with Crippen molar-refractivity contribution in [2.24, 2.45) is 7.05 Å². The lowest BCUT2D eigenvalue weighted by Gasteiger charge is -2.08. The van der Waals surface area contributed by atoms with Crippen molar-refractivity contribution in [3.8, 4) is 0 Å². The minimum atomic E-state index is -4.52. The van der Waals surface area contributed by atoms with E-state index in [4.69, 9.17) is 0 Å². The normalized spacial score (nSPS) is 14.3. The van der Waals surface area contributed by atoms with Gasteiger partial charge in [-0.3, -0.25) is 19.0 Å². The van der Waals surface area contributed by atoms with Gasteiger partial charge in [0, 0.05) is 44.9 Å². The van der Waals surface area contributed by atoms with E-state index in [1.54, 1.807) is 7.05 Å². The molecule has 2 N–H and O–H groups in total. The molecule has 0 bridgehead atoms. The summed E-state index contributed by atoms with van der Waals surface area (Å²) in [5.41, 5.74) is -0.146. The molecule has 2 aromatic rings. The molecule has 0 aromatic carbocycles. The molecule has 0 radical (unpaired) electrons. The summed E-state index contributed by atoms with van der Waals surface area (Å²) in [6.45, 7) is 0.0172. The van der Waals surface area contributed by atoms with Gasteiger partial charge < -0.3 is 10.6 Å². The Bertz CT molecular complexity index is 866. The Morgan fingerprint density at radius 1 is 1.30 bits per heavy atom. The third kappa shape index (κ3) is 4.29. The zero-order valence-corrected chi connectivity index (χ0v) is 14.8. The van der Waals surface area contributed by atoms with Crippen LogP contribution in [0.4, 0.5) is 18.9 Å². The molecule has 2 amide bonds. The van der Waals surface area contributed by atoms with Crippen LogP contribution in [0.3, 0.4) is 0 Å². The van der Waals surface area contributed by atoms with Crippen LogP contribution in [-0.2, 0) is 24.6 Å². The first-order valence-electron chi connectivity index (χ1n) is 8.39. The SMILES string of the molecule is CNC(=O)c1nn(C)cc1NC(=O)CCn1nc(C(F)(F)F)cc1C1CC1. The Hall–Kier alpha value is -2.85. The number of nitrogens with one attached hydrogen (secondary N) is 2. The Morgan fingerprint density at radius 3 is 2.59 bits per heavy atom. The maximum absolute atomic E-state index is 12.9. The van der Waals surface area contributed by atoms with Crippen molar-refractivity contribution in [3.63, 3.8) is 0 Å². The number of anilines is 1. The summed E-state index contributed by atoms with van der Waals surface area (Å²) in [6.07, 6.45) is -1.48. The molecule has 0 atom stereocenters. The van der Waals surface area contributed by atoms with Gasteiger partial charge in [-0.1, -0.05) is 0 Å². The van der Waals surface area contributed by atoms with Crippen LogP contribution in [0.15, 0.2) is 12.3 Å². The second kappa shape index (κ2) is 7.05. The van der Waals surface area contributed by atoms with Gasteiger partial charge in [0.1, 0.15) is 0 Å². The highest BCUT2D eigenvalue weighted by Gasteiger charge is 2.37. The fourth-order valence-corrected chi connectivity index (χ4v) is 2.74. The lowest BCUT2D eigenvalue weighted by atomic mass is 10.2. The van der Waals surface area contributed by atoms with Gasteiger partial charge in [0.05, 0.1) is 5.69 Å². The standard InChI is InChI=1S/C16H19F3N6O2/c1-20-15(27)14-10(8-24(2)23-14)21-13(26)5-6-25-11(9-3-4-9)7-12(22-25)16(17,18)19/h7-9H,3-6H2,1-2H3,(H,20,27)(H,21,26). The average molecular weight is 384 g/mol. The molecule has 27 heavy (non-hydrogen) atoms. The predicted octanol–water partition coefficient (Wildman–Crippen LogP) is 1.90. The van der Waals surface area contributed by atoms with Crippen LogP contribution in [0.2, 0.25) is 0 Å². The molecule has 11 heteroatoms. The highest BCUT2D eigenvalue weighted by atomic mass is 19.4. The van der Waals surface area contributed by atoms with Crippen LogP contribution >= 0.6 is 0 Å². The van der Waals surface area contributed by atoms with Gasteiger partial charge in [-0.05, 0) is 18.9 Å². The quantitative estimate of drug-likeness (QED) is 0.796. The van der Waals surface area contributed by atoms with Crippen LogP contribution in [0.1, 0.15) is 47.1 Å². The lowest BCUT2D eigenvalue weighted by molar-refractivity contribution is -0.141. The van der Waals surface area contributed by atoms with E-state index in [9.17, 15) is 22.8 Å². The Balaban J connectivity index is 1.68. The van der Waals surface area contributed by atoms with Gasteiger partial charge in [0.15, 0.2) is 11.4 Å². The van der Waals surface area contributed by atoms with Crippen LogP contribution < -0.4 is 10.6 Å². The summed E-state index contributed by atoms with van der Waals surface area (Å²) in [7, 11) is 3.05. The van der Waals surface area contributed by atoms with Crippen LogP contribution in [0.25, 0.3) is 0 Å². The molecule has 2 aromatic heterocycles. The summed E-state index contributed by atoms with van der Waals surface area (Å²) in [4.78, 5) is 24.0. The second-order valence-electron chi connectivity index (χ2n) is 6.39. The van der Waals surface area contributed by atoms with E-state index in [2.05, 4.69) is 20.8 Å². The van der Waals surface area contributed by atoms with E-state index in [0.29, 0.717) is 5.69 Å². The maximum Gasteiger partial charge on any atom is 0.435 e. The first kappa shape index (κ1) is 18.9. The first-order chi connectivity index (χ1) is 12.7. The minimum Gasteiger partial charge on any atom is -0.354 e. The largest absolute Gasteiger partial charge is 0.435 e. The summed E-state index contributed by atoms with van der Waals surface area (Å²) < 4.78 is 41.4. The molecular formula is C16H19F3N6O2. The van der Waals surface area contributed by atoms with Crippen molar-refractivity contribution >= 4 is 17.5 Å². The molecule has 0 spiro atoms. The molecule has 2 heterocycles. The predicted molar refractivity (Wildman–Crippen MR) is 89.0 cm³/mol. The van der Waals surface area contributed by atoms with Crippen molar-refractivity contribution in [2.45, 2.75) is 37.9 Å². The summed E-state index contributed by atoms with van der Waals surface area (Å²) in [6, 6.07) is 1.06. The first-order valence-corrected chi connectivity index (χ1v) is 8.39. The van der Waals surface area contributed by atoms with Gasteiger partial charge >= 0.3 is 6.18 Å². The second-order valence-corrected chi connectivity index (χ2v) is 6.39. The molecule has 0 unspecified atom stereocenters. The van der Waals surface area contributed by atoms with Crippen molar-refractivity contribution in [1.82, 2.24) is 24.9 Å². The third-order valence-electron chi connectivity index (χ3n) is 4.19. The van der Waals surface area contributed by atoms with Gasteiger partial charge in [-0.2, -0.15) is 23.4 Å². The van der Waals surface area contributed by atoms with E-state index in [1.807, 2.05) is 0 Å². The van der Waals surface area contributed by atoms with E-state index in [1.165, 1.54) is 22.6 Å². The molecule has 0 aliphatic heterocycles. The molecule has 146 valence electrons. The zero-order valence-electron chi connectivity index (χ0n) is 14.8. The molecule has 1 aliphatic rings. The van der Waals surface area contributed by atoms with Gasteiger partial charge in [0.2, 0.25) is 5.91 Å². The van der Waals surface area contributed by atoms with Gasteiger partial charge in [-0.25, -0.2) is 0 Å². The van der Waals surface area contributed by atoms with Crippen LogP contribution in [-0.4, -0.2) is 38.4 Å². The highest BCUT2D eigenvalue weighted by Crippen LogP contribution is 2.42. The van der Waals surface area contributed by atoms with Gasteiger partial charge in [0.25, 0.3) is 5.91 Å². The highest BCUT2D eigenvalue weighted by molar-refractivity contribution is 6.02. The number of carbonyl (C=O) groups is 2. The Morgan fingerprint density at radius 2 is 2.00 bits per heavy atom. The average Bonchev–Trinajstić information content (AvgIpc) is 3.23. The third-order valence-corrected chi connectivity index (χ3v) is 4.19. The number of hydrogen-bond donors (Lipinski definition) is 2. The number of carbonyl (C=O) groups excluding carboxylic acids is 2. The fourth-order valence-electron chi connectivity index (χ4n) is 2.74. The number of rotatable bonds is 6. The number of alkyl halides is 3. The Labute approximate surface area is 152 Å². The fraction of sp³-hybridized carbons (Fsp3) is 0.500. The van der Waals surface area contributed by atoms with Crippen molar-refractivity contribution < 1.29 is 22.8 Å². The monoisotopic (exact) mass is 384 g/mol. The smallest absolute Gasteiger partial charge is 0.354 e. The van der Waals surface area contributed by atoms with Crippen LogP contribution in [0.5, 0.6) is 0 Å². The number of halogens is 3. The lowest BCUT2D eigenvalue weighted by Crippen LogP contribution is -2.22. The summed E-state index contributed by atoms with van der Waals surface area (Å²) in [5, 5.41) is 12.6. The van der Waals surface area contributed by atoms with Crippen molar-refractivity contribution in [1.29, 1.82) is 0 Å². The minimum absolute atomic E-state index is 0.0172. The molecular weight excluding hydrogens is 365 g/mol. The van der Waals surface area contributed by atoms with E-state index < -0.39 is 23.7 Å².